The van der Waals surface area contributed by atoms with Crippen LogP contribution in [0.25, 0.3) is 0 Å². The number of nitrogens with one attached hydrogen (secondary N) is 1. The summed E-state index contributed by atoms with van der Waals surface area (Å²) in [4.78, 5) is 28.8. The first-order valence-electron chi connectivity index (χ1n) is 10.4. The predicted octanol–water partition coefficient (Wildman–Crippen LogP) is 2.35. The van der Waals surface area contributed by atoms with Gasteiger partial charge in [-0.3, -0.25) is 9.59 Å². The number of nitrogens with zero attached hydrogens (tertiary/aromatic N) is 2. The van der Waals surface area contributed by atoms with E-state index in [4.69, 9.17) is 9.47 Å². The van der Waals surface area contributed by atoms with E-state index in [9.17, 15) is 9.59 Å². The van der Waals surface area contributed by atoms with E-state index in [1.807, 2.05) is 36.4 Å². The highest BCUT2D eigenvalue weighted by molar-refractivity contribution is 5.97. The van der Waals surface area contributed by atoms with Gasteiger partial charge in [-0.1, -0.05) is 24.3 Å². The topological polar surface area (TPSA) is 71.1 Å². The van der Waals surface area contributed by atoms with Crippen molar-refractivity contribution in [1.82, 2.24) is 5.32 Å². The highest BCUT2D eigenvalue weighted by atomic mass is 16.5. The zero-order valence-corrected chi connectivity index (χ0v) is 17.0. The van der Waals surface area contributed by atoms with E-state index in [-0.39, 0.29) is 24.7 Å². The van der Waals surface area contributed by atoms with Crippen molar-refractivity contribution in [2.45, 2.75) is 19.4 Å². The highest BCUT2D eigenvalue weighted by Crippen LogP contribution is 2.31. The Hall–Kier alpha value is -3.06. The van der Waals surface area contributed by atoms with E-state index in [1.54, 1.807) is 4.90 Å². The smallest absolute Gasteiger partial charge is 0.227 e. The van der Waals surface area contributed by atoms with E-state index in [0.29, 0.717) is 25.4 Å². The summed E-state index contributed by atoms with van der Waals surface area (Å²) in [6, 6.07) is 15.7. The molecule has 0 spiro atoms. The number of morpholine rings is 1. The van der Waals surface area contributed by atoms with Gasteiger partial charge in [0.15, 0.2) is 0 Å². The maximum Gasteiger partial charge on any atom is 0.227 e. The van der Waals surface area contributed by atoms with Crippen molar-refractivity contribution >= 4 is 23.2 Å². The van der Waals surface area contributed by atoms with Gasteiger partial charge in [-0.15, -0.1) is 0 Å². The Morgan fingerprint density at radius 1 is 0.900 bits per heavy atom. The molecular weight excluding hydrogens is 382 g/mol. The molecule has 7 heteroatoms. The van der Waals surface area contributed by atoms with Gasteiger partial charge in [0, 0.05) is 38.2 Å². The molecule has 30 heavy (non-hydrogen) atoms. The maximum atomic E-state index is 12.6. The van der Waals surface area contributed by atoms with Crippen LogP contribution >= 0.6 is 0 Å². The first-order chi connectivity index (χ1) is 14.7. The zero-order valence-electron chi connectivity index (χ0n) is 17.0. The fourth-order valence-electron chi connectivity index (χ4n) is 3.72. The van der Waals surface area contributed by atoms with Crippen molar-refractivity contribution in [3.8, 4) is 5.75 Å². The van der Waals surface area contributed by atoms with Gasteiger partial charge in [0.1, 0.15) is 12.4 Å². The molecule has 158 valence electrons. The highest BCUT2D eigenvalue weighted by Gasteiger charge is 2.23. The Balaban J connectivity index is 1.23. The lowest BCUT2D eigenvalue weighted by molar-refractivity contribution is -0.125. The standard InChI is InChI=1S/C23H27N3O4/c27-22(9-10-23(28)26-13-16-30-21-4-2-1-3-20(21)26)24-17-18-5-7-19(8-6-18)25-11-14-29-15-12-25/h1-8H,9-17H2,(H,24,27). The Kier molecular flexibility index (Phi) is 6.49. The van der Waals surface area contributed by atoms with Crippen LogP contribution in [0.4, 0.5) is 11.4 Å². The van der Waals surface area contributed by atoms with E-state index in [0.717, 1.165) is 37.6 Å². The van der Waals surface area contributed by atoms with Crippen LogP contribution in [-0.4, -0.2) is 51.3 Å². The average Bonchev–Trinajstić information content (AvgIpc) is 2.81. The van der Waals surface area contributed by atoms with Crippen molar-refractivity contribution in [2.24, 2.45) is 0 Å². The molecule has 2 aliphatic heterocycles. The Morgan fingerprint density at radius 3 is 2.47 bits per heavy atom. The van der Waals surface area contributed by atoms with Crippen LogP contribution < -0.4 is 19.9 Å². The first kappa shape index (κ1) is 20.2. The number of carbonyl (C=O) groups excluding carboxylic acids is 2. The molecule has 2 aromatic rings. The van der Waals surface area contributed by atoms with E-state index >= 15 is 0 Å². The number of amides is 2. The number of rotatable bonds is 6. The SMILES string of the molecule is O=C(CCC(=O)N1CCOc2ccccc21)NCc1ccc(N2CCOCC2)cc1. The molecule has 0 aliphatic carbocycles. The number of anilines is 2. The minimum Gasteiger partial charge on any atom is -0.490 e. The molecule has 0 unspecified atom stereocenters. The molecule has 1 saturated heterocycles. The lowest BCUT2D eigenvalue weighted by Crippen LogP contribution is -2.38. The summed E-state index contributed by atoms with van der Waals surface area (Å²) in [6.45, 7) is 4.74. The molecule has 2 aliphatic rings. The van der Waals surface area contributed by atoms with Gasteiger partial charge >= 0.3 is 0 Å². The van der Waals surface area contributed by atoms with Crippen LogP contribution in [0.5, 0.6) is 5.75 Å². The molecule has 2 aromatic carbocycles. The molecule has 0 radical (unpaired) electrons. The van der Waals surface area contributed by atoms with Gasteiger partial charge in [0.25, 0.3) is 0 Å². The zero-order chi connectivity index (χ0) is 20.8. The van der Waals surface area contributed by atoms with Crippen LogP contribution in [0.3, 0.4) is 0 Å². The van der Waals surface area contributed by atoms with Gasteiger partial charge in [-0.2, -0.15) is 0 Å². The molecule has 0 aromatic heterocycles. The summed E-state index contributed by atoms with van der Waals surface area (Å²) in [5.74, 6) is 0.528. The molecule has 1 fully saturated rings. The molecule has 0 bridgehead atoms. The number of hydrogen-bond donors (Lipinski definition) is 1. The summed E-state index contributed by atoms with van der Waals surface area (Å²) < 4.78 is 11.0. The minimum absolute atomic E-state index is 0.0595. The summed E-state index contributed by atoms with van der Waals surface area (Å²) in [7, 11) is 0. The second-order valence-corrected chi connectivity index (χ2v) is 7.40. The van der Waals surface area contributed by atoms with Crippen LogP contribution in [0.15, 0.2) is 48.5 Å². The third kappa shape index (κ3) is 4.91. The Morgan fingerprint density at radius 2 is 1.67 bits per heavy atom. The van der Waals surface area contributed by atoms with Gasteiger partial charge in [-0.25, -0.2) is 0 Å². The fraction of sp³-hybridized carbons (Fsp3) is 0.391. The third-order valence-electron chi connectivity index (χ3n) is 5.40. The molecule has 1 N–H and O–H groups in total. The van der Waals surface area contributed by atoms with Crippen LogP contribution in [0.2, 0.25) is 0 Å². The fourth-order valence-corrected chi connectivity index (χ4v) is 3.72. The van der Waals surface area contributed by atoms with Crippen LogP contribution in [-0.2, 0) is 20.9 Å². The van der Waals surface area contributed by atoms with Crippen LogP contribution in [0.1, 0.15) is 18.4 Å². The van der Waals surface area contributed by atoms with Crippen molar-refractivity contribution < 1.29 is 19.1 Å². The largest absolute Gasteiger partial charge is 0.490 e. The maximum absolute atomic E-state index is 12.6. The first-order valence-corrected chi connectivity index (χ1v) is 10.4. The number of hydrogen-bond acceptors (Lipinski definition) is 5. The van der Waals surface area contributed by atoms with Crippen molar-refractivity contribution in [2.75, 3.05) is 49.3 Å². The van der Waals surface area contributed by atoms with Crippen molar-refractivity contribution in [3.05, 3.63) is 54.1 Å². The van der Waals surface area contributed by atoms with Gasteiger partial charge in [0.05, 0.1) is 25.4 Å². The second-order valence-electron chi connectivity index (χ2n) is 7.40. The lowest BCUT2D eigenvalue weighted by atomic mass is 10.1. The number of benzene rings is 2. The number of ether oxygens (including phenoxy) is 2. The second kappa shape index (κ2) is 9.63. The van der Waals surface area contributed by atoms with Gasteiger partial charge < -0.3 is 24.6 Å². The molecule has 4 rings (SSSR count). The number of para-hydroxylation sites is 2. The molecule has 0 atom stereocenters. The minimum atomic E-state index is -0.123. The van der Waals surface area contributed by atoms with E-state index in [2.05, 4.69) is 22.3 Å². The Labute approximate surface area is 176 Å². The summed E-state index contributed by atoms with van der Waals surface area (Å²) in [5, 5.41) is 2.91. The number of fused-ring (bicyclic) bond motifs is 1. The quantitative estimate of drug-likeness (QED) is 0.793. The summed E-state index contributed by atoms with van der Waals surface area (Å²) in [5.41, 5.74) is 2.98. The molecule has 2 amide bonds. The normalized spacial score (nSPS) is 15.9. The van der Waals surface area contributed by atoms with Crippen molar-refractivity contribution in [1.29, 1.82) is 0 Å². The van der Waals surface area contributed by atoms with E-state index in [1.165, 1.54) is 5.69 Å². The predicted molar refractivity (Wildman–Crippen MR) is 115 cm³/mol. The summed E-state index contributed by atoms with van der Waals surface area (Å²) in [6.07, 6.45) is 0.348. The monoisotopic (exact) mass is 409 g/mol. The third-order valence-corrected chi connectivity index (χ3v) is 5.40. The molecular formula is C23H27N3O4. The number of carbonyl (C=O) groups is 2. The van der Waals surface area contributed by atoms with Gasteiger partial charge in [0.2, 0.25) is 11.8 Å². The molecule has 0 saturated carbocycles. The lowest BCUT2D eigenvalue weighted by Gasteiger charge is -2.29. The van der Waals surface area contributed by atoms with E-state index < -0.39 is 0 Å². The van der Waals surface area contributed by atoms with Gasteiger partial charge in [-0.05, 0) is 29.8 Å². The average molecular weight is 409 g/mol. The van der Waals surface area contributed by atoms with Crippen LogP contribution in [0, 0.1) is 0 Å². The molecule has 2 heterocycles. The van der Waals surface area contributed by atoms with Crippen molar-refractivity contribution in [3.63, 3.8) is 0 Å². The summed E-state index contributed by atoms with van der Waals surface area (Å²) >= 11 is 0. The Bertz CT molecular complexity index is 878. The molecule has 7 nitrogen and oxygen atoms in total.